The lowest BCUT2D eigenvalue weighted by atomic mass is 9.94. The van der Waals surface area contributed by atoms with Crippen molar-refractivity contribution in [2.75, 3.05) is 26.3 Å². The zero-order valence-electron chi connectivity index (χ0n) is 10.2. The molecule has 0 aromatic heterocycles. The molecule has 0 radical (unpaired) electrons. The van der Waals surface area contributed by atoms with Crippen LogP contribution in [0.4, 0.5) is 0 Å². The van der Waals surface area contributed by atoms with Crippen molar-refractivity contribution < 1.29 is 9.53 Å². The van der Waals surface area contributed by atoms with E-state index in [9.17, 15) is 4.79 Å². The molecule has 0 aromatic carbocycles. The highest BCUT2D eigenvalue weighted by molar-refractivity contribution is 5.82. The van der Waals surface area contributed by atoms with Gasteiger partial charge in [-0.2, -0.15) is 0 Å². The zero-order chi connectivity index (χ0) is 12.0. The highest BCUT2D eigenvalue weighted by atomic mass is 16.5. The minimum atomic E-state index is -0.287. The minimum absolute atomic E-state index is 0.0172. The Morgan fingerprint density at radius 1 is 1.56 bits per heavy atom. The average molecular weight is 229 g/mol. The average Bonchev–Trinajstić information content (AvgIpc) is 2.36. The van der Waals surface area contributed by atoms with E-state index in [4.69, 9.17) is 10.5 Å². The van der Waals surface area contributed by atoms with Gasteiger partial charge in [-0.05, 0) is 12.8 Å². The van der Waals surface area contributed by atoms with Crippen LogP contribution in [0.1, 0.15) is 26.7 Å². The van der Waals surface area contributed by atoms with Gasteiger partial charge in [-0.15, -0.1) is 0 Å². The number of amides is 1. The summed E-state index contributed by atoms with van der Waals surface area (Å²) in [5, 5.41) is 6.00. The number of nitrogens with two attached hydrogens (primary N) is 1. The van der Waals surface area contributed by atoms with Crippen LogP contribution in [0.15, 0.2) is 0 Å². The van der Waals surface area contributed by atoms with Crippen molar-refractivity contribution in [3.8, 4) is 0 Å². The molecule has 0 aromatic rings. The highest BCUT2D eigenvalue weighted by Crippen LogP contribution is 2.09. The molecule has 1 aliphatic heterocycles. The summed E-state index contributed by atoms with van der Waals surface area (Å²) in [7, 11) is 0. The molecular weight excluding hydrogens is 206 g/mol. The van der Waals surface area contributed by atoms with Gasteiger partial charge in [0, 0.05) is 18.6 Å². The third kappa shape index (κ3) is 3.73. The lowest BCUT2D eigenvalue weighted by Gasteiger charge is -2.29. The van der Waals surface area contributed by atoms with Gasteiger partial charge in [-0.25, -0.2) is 0 Å². The summed E-state index contributed by atoms with van der Waals surface area (Å²) in [5.74, 6) is -0.0172. The second kappa shape index (κ2) is 6.18. The Labute approximate surface area is 97.1 Å². The van der Waals surface area contributed by atoms with Crippen LogP contribution in [-0.2, 0) is 9.53 Å². The molecule has 0 saturated carbocycles. The van der Waals surface area contributed by atoms with Gasteiger partial charge in [0.05, 0.1) is 13.2 Å². The topological polar surface area (TPSA) is 76.4 Å². The SMILES string of the molecule is CCC(N)(CC)CNC(=O)C1COCCN1. The summed E-state index contributed by atoms with van der Waals surface area (Å²) < 4.78 is 5.23. The first-order chi connectivity index (χ1) is 7.61. The van der Waals surface area contributed by atoms with E-state index in [2.05, 4.69) is 10.6 Å². The fourth-order valence-corrected chi connectivity index (χ4v) is 1.62. The summed E-state index contributed by atoms with van der Waals surface area (Å²) in [6.45, 7) is 6.45. The van der Waals surface area contributed by atoms with Crippen LogP contribution in [0.3, 0.4) is 0 Å². The van der Waals surface area contributed by atoms with Crippen LogP contribution in [0.5, 0.6) is 0 Å². The van der Waals surface area contributed by atoms with Crippen LogP contribution in [0.2, 0.25) is 0 Å². The van der Waals surface area contributed by atoms with Crippen molar-refractivity contribution in [1.29, 1.82) is 0 Å². The molecule has 94 valence electrons. The molecule has 1 rings (SSSR count). The van der Waals surface area contributed by atoms with Crippen LogP contribution in [0.25, 0.3) is 0 Å². The quantitative estimate of drug-likeness (QED) is 0.600. The predicted molar refractivity (Wildman–Crippen MR) is 63.1 cm³/mol. The smallest absolute Gasteiger partial charge is 0.239 e. The Bertz CT molecular complexity index is 223. The Balaban J connectivity index is 2.33. The number of nitrogens with one attached hydrogen (secondary N) is 2. The molecule has 0 spiro atoms. The lowest BCUT2D eigenvalue weighted by Crippen LogP contribution is -2.56. The third-order valence-corrected chi connectivity index (χ3v) is 3.26. The van der Waals surface area contributed by atoms with Crippen molar-refractivity contribution in [3.05, 3.63) is 0 Å². The number of rotatable bonds is 5. The van der Waals surface area contributed by atoms with Gasteiger partial charge < -0.3 is 21.1 Å². The van der Waals surface area contributed by atoms with E-state index in [1.807, 2.05) is 13.8 Å². The standard InChI is InChI=1S/C11H23N3O2/c1-3-11(12,4-2)8-14-10(15)9-7-16-6-5-13-9/h9,13H,3-8,12H2,1-2H3,(H,14,15). The Morgan fingerprint density at radius 3 is 2.75 bits per heavy atom. The molecule has 1 saturated heterocycles. The second-order valence-corrected chi connectivity index (χ2v) is 4.37. The van der Waals surface area contributed by atoms with Gasteiger partial charge in [-0.1, -0.05) is 13.8 Å². The Kier molecular flexibility index (Phi) is 5.18. The van der Waals surface area contributed by atoms with E-state index in [0.717, 1.165) is 19.4 Å². The molecule has 0 bridgehead atoms. The summed E-state index contributed by atoms with van der Waals surface area (Å²) in [4.78, 5) is 11.8. The van der Waals surface area contributed by atoms with Gasteiger partial charge in [0.1, 0.15) is 6.04 Å². The number of carbonyl (C=O) groups excluding carboxylic acids is 1. The van der Waals surface area contributed by atoms with Crippen LogP contribution >= 0.6 is 0 Å². The largest absolute Gasteiger partial charge is 0.378 e. The zero-order valence-corrected chi connectivity index (χ0v) is 10.2. The van der Waals surface area contributed by atoms with Gasteiger partial charge in [0.2, 0.25) is 5.91 Å². The lowest BCUT2D eigenvalue weighted by molar-refractivity contribution is -0.126. The van der Waals surface area contributed by atoms with Crippen molar-refractivity contribution >= 4 is 5.91 Å². The van der Waals surface area contributed by atoms with Crippen LogP contribution < -0.4 is 16.4 Å². The first-order valence-corrected chi connectivity index (χ1v) is 5.99. The molecule has 1 unspecified atom stereocenters. The number of ether oxygens (including phenoxy) is 1. The Morgan fingerprint density at radius 2 is 2.25 bits per heavy atom. The molecule has 1 fully saturated rings. The maximum absolute atomic E-state index is 11.8. The number of hydrogen-bond donors (Lipinski definition) is 3. The Hall–Kier alpha value is -0.650. The van der Waals surface area contributed by atoms with E-state index < -0.39 is 0 Å². The molecule has 1 amide bonds. The summed E-state index contributed by atoms with van der Waals surface area (Å²) in [6.07, 6.45) is 1.72. The maximum atomic E-state index is 11.8. The highest BCUT2D eigenvalue weighted by Gasteiger charge is 2.25. The van der Waals surface area contributed by atoms with E-state index >= 15 is 0 Å². The van der Waals surface area contributed by atoms with Crippen molar-refractivity contribution in [2.45, 2.75) is 38.3 Å². The summed E-state index contributed by atoms with van der Waals surface area (Å²) in [6, 6.07) is -0.230. The van der Waals surface area contributed by atoms with E-state index in [1.54, 1.807) is 0 Å². The first-order valence-electron chi connectivity index (χ1n) is 5.99. The number of morpholine rings is 1. The first kappa shape index (κ1) is 13.4. The van der Waals surface area contributed by atoms with Crippen LogP contribution in [0, 0.1) is 0 Å². The van der Waals surface area contributed by atoms with Crippen molar-refractivity contribution in [2.24, 2.45) is 5.73 Å². The third-order valence-electron chi connectivity index (χ3n) is 3.26. The molecule has 1 heterocycles. The normalized spacial score (nSPS) is 21.8. The van der Waals surface area contributed by atoms with E-state index in [1.165, 1.54) is 0 Å². The van der Waals surface area contributed by atoms with Gasteiger partial charge in [-0.3, -0.25) is 4.79 Å². The van der Waals surface area contributed by atoms with Crippen molar-refractivity contribution in [3.63, 3.8) is 0 Å². The maximum Gasteiger partial charge on any atom is 0.239 e. The van der Waals surface area contributed by atoms with Crippen LogP contribution in [-0.4, -0.2) is 43.8 Å². The fourth-order valence-electron chi connectivity index (χ4n) is 1.62. The minimum Gasteiger partial charge on any atom is -0.378 e. The van der Waals surface area contributed by atoms with Crippen molar-refractivity contribution in [1.82, 2.24) is 10.6 Å². The second-order valence-electron chi connectivity index (χ2n) is 4.37. The van der Waals surface area contributed by atoms with Gasteiger partial charge in [0.25, 0.3) is 0 Å². The van der Waals surface area contributed by atoms with E-state index in [-0.39, 0.29) is 17.5 Å². The molecule has 5 heteroatoms. The monoisotopic (exact) mass is 229 g/mol. The molecule has 5 nitrogen and oxygen atoms in total. The molecule has 16 heavy (non-hydrogen) atoms. The van der Waals surface area contributed by atoms with E-state index in [0.29, 0.717) is 19.8 Å². The molecule has 1 atom stereocenters. The number of hydrogen-bond acceptors (Lipinski definition) is 4. The predicted octanol–water partition coefficient (Wildman–Crippen LogP) is -0.391. The molecular formula is C11H23N3O2. The molecule has 1 aliphatic rings. The summed E-state index contributed by atoms with van der Waals surface area (Å²) >= 11 is 0. The molecule has 0 aliphatic carbocycles. The fraction of sp³-hybridized carbons (Fsp3) is 0.909. The van der Waals surface area contributed by atoms with Gasteiger partial charge >= 0.3 is 0 Å². The molecule has 4 N–H and O–H groups in total. The summed E-state index contributed by atoms with van der Waals surface area (Å²) in [5.41, 5.74) is 5.82. The van der Waals surface area contributed by atoms with Gasteiger partial charge in [0.15, 0.2) is 0 Å². The number of carbonyl (C=O) groups is 1.